The zero-order valence-corrected chi connectivity index (χ0v) is 16.7. The number of ketones is 1. The van der Waals surface area contributed by atoms with E-state index in [-0.39, 0.29) is 16.2 Å². The molecule has 2 fully saturated rings. The standard InChI is InChI=1S/C22H26N2O3S/c25-22(18-7-2-1-3-8-18)19-9-4-5-11-21(19)28(26,27)24-15-12-17(13-16-24)20-10-6-14-23-20/h1-5,7-9,11,17,20,23H,6,10,12-16H2. The summed E-state index contributed by atoms with van der Waals surface area (Å²) in [5.41, 5.74) is 0.740. The number of sulfonamides is 1. The minimum absolute atomic E-state index is 0.112. The fraction of sp³-hybridized carbons (Fsp3) is 0.409. The van der Waals surface area contributed by atoms with Crippen molar-refractivity contribution >= 4 is 15.8 Å². The van der Waals surface area contributed by atoms with Crippen molar-refractivity contribution in [2.45, 2.75) is 36.6 Å². The number of nitrogens with zero attached hydrogens (tertiary/aromatic N) is 1. The Kier molecular flexibility index (Phi) is 5.62. The number of hydrogen-bond donors (Lipinski definition) is 1. The van der Waals surface area contributed by atoms with Crippen LogP contribution in [0, 0.1) is 5.92 Å². The van der Waals surface area contributed by atoms with Crippen LogP contribution in [-0.2, 0) is 10.0 Å². The van der Waals surface area contributed by atoms with E-state index in [2.05, 4.69) is 5.32 Å². The molecule has 2 saturated heterocycles. The van der Waals surface area contributed by atoms with E-state index in [4.69, 9.17) is 0 Å². The molecule has 0 bridgehead atoms. The second-order valence-electron chi connectivity index (χ2n) is 7.64. The fourth-order valence-corrected chi connectivity index (χ4v) is 6.05. The van der Waals surface area contributed by atoms with Gasteiger partial charge in [0.15, 0.2) is 5.78 Å². The maximum absolute atomic E-state index is 13.3. The Balaban J connectivity index is 1.56. The number of benzene rings is 2. The Hall–Kier alpha value is -2.02. The lowest BCUT2D eigenvalue weighted by atomic mass is 9.89. The van der Waals surface area contributed by atoms with Crippen LogP contribution in [0.3, 0.4) is 0 Å². The average Bonchev–Trinajstić information content (AvgIpc) is 3.29. The molecule has 1 N–H and O–H groups in total. The summed E-state index contributed by atoms with van der Waals surface area (Å²) >= 11 is 0. The van der Waals surface area contributed by atoms with Gasteiger partial charge in [0.05, 0.1) is 4.90 Å². The fourth-order valence-electron chi connectivity index (χ4n) is 4.40. The molecule has 0 amide bonds. The van der Waals surface area contributed by atoms with Crippen molar-refractivity contribution in [2.24, 2.45) is 5.92 Å². The number of carbonyl (C=O) groups is 1. The Bertz CT molecular complexity index is 929. The van der Waals surface area contributed by atoms with Crippen LogP contribution in [0.2, 0.25) is 0 Å². The summed E-state index contributed by atoms with van der Waals surface area (Å²) in [5, 5.41) is 3.54. The van der Waals surface area contributed by atoms with E-state index in [1.165, 1.54) is 12.8 Å². The molecule has 2 aromatic rings. The average molecular weight is 399 g/mol. The molecule has 5 nitrogen and oxygen atoms in total. The van der Waals surface area contributed by atoms with Crippen LogP contribution in [0.15, 0.2) is 59.5 Å². The van der Waals surface area contributed by atoms with E-state index in [0.29, 0.717) is 30.6 Å². The van der Waals surface area contributed by atoms with Crippen LogP contribution in [0.1, 0.15) is 41.6 Å². The van der Waals surface area contributed by atoms with Crippen molar-refractivity contribution < 1.29 is 13.2 Å². The lowest BCUT2D eigenvalue weighted by Gasteiger charge is -2.34. The first-order valence-electron chi connectivity index (χ1n) is 9.99. The van der Waals surface area contributed by atoms with Gasteiger partial charge in [0, 0.05) is 30.3 Å². The third-order valence-corrected chi connectivity index (χ3v) is 7.91. The molecule has 0 aliphatic carbocycles. The molecule has 2 aromatic carbocycles. The van der Waals surface area contributed by atoms with Gasteiger partial charge in [0.1, 0.15) is 0 Å². The maximum Gasteiger partial charge on any atom is 0.243 e. The topological polar surface area (TPSA) is 66.5 Å². The van der Waals surface area contributed by atoms with Gasteiger partial charge in [0.2, 0.25) is 10.0 Å². The summed E-state index contributed by atoms with van der Waals surface area (Å²) in [6.45, 7) is 2.09. The van der Waals surface area contributed by atoms with E-state index >= 15 is 0 Å². The highest BCUT2D eigenvalue weighted by atomic mass is 32.2. The first-order valence-corrected chi connectivity index (χ1v) is 11.4. The summed E-state index contributed by atoms with van der Waals surface area (Å²) < 4.78 is 28.2. The molecule has 0 aromatic heterocycles. The molecular formula is C22H26N2O3S. The second-order valence-corrected chi connectivity index (χ2v) is 9.54. The van der Waals surface area contributed by atoms with Gasteiger partial charge in [-0.25, -0.2) is 8.42 Å². The minimum Gasteiger partial charge on any atom is -0.314 e. The zero-order chi connectivity index (χ0) is 19.6. The van der Waals surface area contributed by atoms with Crippen molar-refractivity contribution in [3.63, 3.8) is 0 Å². The molecule has 0 saturated carbocycles. The van der Waals surface area contributed by atoms with Crippen LogP contribution < -0.4 is 5.32 Å². The number of carbonyl (C=O) groups excluding carboxylic acids is 1. The lowest BCUT2D eigenvalue weighted by Crippen LogP contribution is -2.43. The molecule has 2 heterocycles. The molecule has 6 heteroatoms. The Morgan fingerprint density at radius 3 is 2.29 bits per heavy atom. The predicted molar refractivity (Wildman–Crippen MR) is 109 cm³/mol. The SMILES string of the molecule is O=C(c1ccccc1)c1ccccc1S(=O)(=O)N1CCC(C2CCCN2)CC1. The summed E-state index contributed by atoms with van der Waals surface area (Å²) in [6.07, 6.45) is 4.13. The number of hydrogen-bond acceptors (Lipinski definition) is 4. The van der Waals surface area contributed by atoms with E-state index in [1.54, 1.807) is 52.8 Å². The third-order valence-electron chi connectivity index (χ3n) is 5.95. The minimum atomic E-state index is -3.70. The van der Waals surface area contributed by atoms with Crippen LogP contribution >= 0.6 is 0 Å². The van der Waals surface area contributed by atoms with E-state index < -0.39 is 10.0 Å². The normalized spacial score (nSPS) is 21.6. The summed E-state index contributed by atoms with van der Waals surface area (Å²) in [4.78, 5) is 13.0. The molecule has 2 aliphatic rings. The molecule has 0 spiro atoms. The van der Waals surface area contributed by atoms with Gasteiger partial charge in [-0.15, -0.1) is 0 Å². The van der Waals surface area contributed by atoms with Gasteiger partial charge >= 0.3 is 0 Å². The Morgan fingerprint density at radius 1 is 0.929 bits per heavy atom. The van der Waals surface area contributed by atoms with E-state index in [1.807, 2.05) is 6.07 Å². The van der Waals surface area contributed by atoms with Crippen molar-refractivity contribution in [1.82, 2.24) is 9.62 Å². The van der Waals surface area contributed by atoms with Gasteiger partial charge in [0.25, 0.3) is 0 Å². The van der Waals surface area contributed by atoms with Crippen molar-refractivity contribution in [2.75, 3.05) is 19.6 Å². The van der Waals surface area contributed by atoms with Gasteiger partial charge in [-0.2, -0.15) is 4.31 Å². The predicted octanol–water partition coefficient (Wildman–Crippen LogP) is 3.07. The molecular weight excluding hydrogens is 372 g/mol. The monoisotopic (exact) mass is 398 g/mol. The van der Waals surface area contributed by atoms with Crippen LogP contribution in [0.5, 0.6) is 0 Å². The van der Waals surface area contributed by atoms with E-state index in [9.17, 15) is 13.2 Å². The smallest absolute Gasteiger partial charge is 0.243 e. The molecule has 1 unspecified atom stereocenters. The van der Waals surface area contributed by atoms with Gasteiger partial charge in [-0.05, 0) is 50.3 Å². The van der Waals surface area contributed by atoms with Gasteiger partial charge in [-0.1, -0.05) is 42.5 Å². The number of piperidine rings is 1. The lowest BCUT2D eigenvalue weighted by molar-refractivity contribution is 0.103. The van der Waals surface area contributed by atoms with Gasteiger partial charge < -0.3 is 5.32 Å². The largest absolute Gasteiger partial charge is 0.314 e. The van der Waals surface area contributed by atoms with Crippen LogP contribution in [0.25, 0.3) is 0 Å². The van der Waals surface area contributed by atoms with Crippen molar-refractivity contribution in [3.8, 4) is 0 Å². The zero-order valence-electron chi connectivity index (χ0n) is 15.9. The first-order chi connectivity index (χ1) is 13.6. The molecule has 0 radical (unpaired) electrons. The molecule has 1 atom stereocenters. The Morgan fingerprint density at radius 2 is 1.61 bits per heavy atom. The van der Waals surface area contributed by atoms with Crippen LogP contribution in [-0.4, -0.2) is 44.2 Å². The maximum atomic E-state index is 13.3. The molecule has 2 aliphatic heterocycles. The summed E-state index contributed by atoms with van der Waals surface area (Å²) in [7, 11) is -3.70. The first kappa shape index (κ1) is 19.3. The highest BCUT2D eigenvalue weighted by Crippen LogP contribution is 2.30. The number of rotatable bonds is 5. The third kappa shape index (κ3) is 3.77. The summed E-state index contributed by atoms with van der Waals surface area (Å²) in [5.74, 6) is 0.278. The van der Waals surface area contributed by atoms with Crippen molar-refractivity contribution in [3.05, 3.63) is 65.7 Å². The van der Waals surface area contributed by atoms with Crippen LogP contribution in [0.4, 0.5) is 0 Å². The quantitative estimate of drug-likeness (QED) is 0.786. The summed E-state index contributed by atoms with van der Waals surface area (Å²) in [6, 6.07) is 15.9. The molecule has 4 rings (SSSR count). The number of nitrogens with one attached hydrogen (secondary N) is 1. The van der Waals surface area contributed by atoms with Crippen molar-refractivity contribution in [1.29, 1.82) is 0 Å². The van der Waals surface area contributed by atoms with Gasteiger partial charge in [-0.3, -0.25) is 4.79 Å². The second kappa shape index (κ2) is 8.15. The molecule has 148 valence electrons. The van der Waals surface area contributed by atoms with E-state index in [0.717, 1.165) is 19.4 Å². The molecule has 28 heavy (non-hydrogen) atoms. The highest BCUT2D eigenvalue weighted by molar-refractivity contribution is 7.89. The Labute approximate surface area is 166 Å². The highest BCUT2D eigenvalue weighted by Gasteiger charge is 2.35.